The summed E-state index contributed by atoms with van der Waals surface area (Å²) in [4.78, 5) is 26.2. The molecular formula is C25H21N5O2. The Hall–Kier alpha value is -4.26. The normalized spacial score (nSPS) is 11.2. The molecule has 0 fully saturated rings. The van der Waals surface area contributed by atoms with E-state index in [1.54, 1.807) is 27.2 Å². The van der Waals surface area contributed by atoms with Gasteiger partial charge < -0.3 is 5.32 Å². The molecule has 0 radical (unpaired) electrons. The fraction of sp³-hybridized carbons (Fsp3) is 0.120. The van der Waals surface area contributed by atoms with E-state index in [0.717, 1.165) is 5.56 Å². The second kappa shape index (κ2) is 7.77. The summed E-state index contributed by atoms with van der Waals surface area (Å²) in [6, 6.07) is 22.4. The van der Waals surface area contributed by atoms with E-state index in [-0.39, 0.29) is 11.5 Å². The van der Waals surface area contributed by atoms with E-state index in [1.165, 1.54) is 5.56 Å². The summed E-state index contributed by atoms with van der Waals surface area (Å²) in [6.07, 6.45) is 0. The lowest BCUT2D eigenvalue weighted by molar-refractivity contribution is 0.0951. The summed E-state index contributed by atoms with van der Waals surface area (Å²) < 4.78 is 3.35. The van der Waals surface area contributed by atoms with Gasteiger partial charge in [0.15, 0.2) is 0 Å². The molecule has 7 nitrogen and oxygen atoms in total. The molecule has 32 heavy (non-hydrogen) atoms. The molecule has 5 aromatic rings. The van der Waals surface area contributed by atoms with Gasteiger partial charge in [0.2, 0.25) is 5.78 Å². The predicted octanol–water partition coefficient (Wildman–Crippen LogP) is 3.58. The van der Waals surface area contributed by atoms with Crippen LogP contribution in [0, 0.1) is 13.8 Å². The van der Waals surface area contributed by atoms with Crippen molar-refractivity contribution in [1.82, 2.24) is 24.5 Å². The van der Waals surface area contributed by atoms with E-state index in [0.29, 0.717) is 40.3 Å². The molecule has 1 N–H and O–H groups in total. The Morgan fingerprint density at radius 3 is 2.44 bits per heavy atom. The standard InChI is InChI=1S/C25H21N5O2/c1-16-8-10-18(11-9-16)15-26-23(31)19-12-13-21-22(14-19)29-17(2)27-28-25(29)30(24(21)32)20-6-4-3-5-7-20/h3-14H,15H2,1-2H3,(H,26,31). The number of nitrogens with zero attached hydrogens (tertiary/aromatic N) is 4. The molecule has 0 saturated carbocycles. The third-order valence-electron chi connectivity index (χ3n) is 5.53. The van der Waals surface area contributed by atoms with Crippen molar-refractivity contribution < 1.29 is 4.79 Å². The number of para-hydroxylation sites is 1. The Balaban J connectivity index is 1.59. The van der Waals surface area contributed by atoms with Crippen LogP contribution in [0.3, 0.4) is 0 Å². The maximum Gasteiger partial charge on any atom is 0.267 e. The molecule has 158 valence electrons. The fourth-order valence-electron chi connectivity index (χ4n) is 3.83. The highest BCUT2D eigenvalue weighted by Gasteiger charge is 2.17. The molecule has 0 aliphatic carbocycles. The minimum Gasteiger partial charge on any atom is -0.348 e. The average molecular weight is 423 g/mol. The summed E-state index contributed by atoms with van der Waals surface area (Å²) in [5, 5.41) is 11.9. The van der Waals surface area contributed by atoms with Gasteiger partial charge in [-0.25, -0.2) is 4.57 Å². The van der Waals surface area contributed by atoms with Crippen molar-refractivity contribution in [3.8, 4) is 5.69 Å². The summed E-state index contributed by atoms with van der Waals surface area (Å²) >= 11 is 0. The van der Waals surface area contributed by atoms with Crippen LogP contribution in [0.2, 0.25) is 0 Å². The maximum atomic E-state index is 13.4. The molecule has 0 saturated heterocycles. The lowest BCUT2D eigenvalue weighted by Gasteiger charge is -2.12. The summed E-state index contributed by atoms with van der Waals surface area (Å²) in [5.74, 6) is 0.828. The molecule has 0 aliphatic rings. The van der Waals surface area contributed by atoms with Gasteiger partial charge in [-0.3, -0.25) is 14.0 Å². The van der Waals surface area contributed by atoms with Gasteiger partial charge in [-0.05, 0) is 49.7 Å². The fourth-order valence-corrected chi connectivity index (χ4v) is 3.83. The highest BCUT2D eigenvalue weighted by Crippen LogP contribution is 2.19. The first-order valence-corrected chi connectivity index (χ1v) is 10.3. The van der Waals surface area contributed by atoms with E-state index in [1.807, 2.05) is 68.4 Å². The van der Waals surface area contributed by atoms with E-state index < -0.39 is 0 Å². The molecule has 0 aliphatic heterocycles. The van der Waals surface area contributed by atoms with Gasteiger partial charge in [-0.15, -0.1) is 10.2 Å². The van der Waals surface area contributed by atoms with Crippen LogP contribution in [-0.4, -0.2) is 25.1 Å². The number of carbonyl (C=O) groups excluding carboxylic acids is 1. The molecule has 1 amide bonds. The van der Waals surface area contributed by atoms with E-state index in [2.05, 4.69) is 15.5 Å². The lowest BCUT2D eigenvalue weighted by Crippen LogP contribution is -2.24. The maximum absolute atomic E-state index is 13.4. The Kier molecular flexibility index (Phi) is 4.78. The van der Waals surface area contributed by atoms with Crippen LogP contribution in [0.4, 0.5) is 0 Å². The summed E-state index contributed by atoms with van der Waals surface area (Å²) in [6.45, 7) is 4.27. The van der Waals surface area contributed by atoms with E-state index in [4.69, 9.17) is 0 Å². The van der Waals surface area contributed by atoms with Crippen molar-refractivity contribution in [2.45, 2.75) is 20.4 Å². The van der Waals surface area contributed by atoms with Crippen molar-refractivity contribution >= 4 is 22.6 Å². The molecule has 5 rings (SSSR count). The molecule has 7 heteroatoms. The Labute approximate surface area is 184 Å². The summed E-state index contributed by atoms with van der Waals surface area (Å²) in [7, 11) is 0. The summed E-state index contributed by atoms with van der Waals surface area (Å²) in [5.41, 5.74) is 3.75. The van der Waals surface area contributed by atoms with Gasteiger partial charge in [-0.2, -0.15) is 0 Å². The van der Waals surface area contributed by atoms with E-state index in [9.17, 15) is 9.59 Å². The minimum absolute atomic E-state index is 0.210. The SMILES string of the molecule is Cc1ccc(CNC(=O)c2ccc3c(=O)n(-c4ccccc4)c4nnc(C)n4c3c2)cc1. The number of benzene rings is 3. The van der Waals surface area contributed by atoms with Crippen LogP contribution in [0.25, 0.3) is 22.4 Å². The highest BCUT2D eigenvalue weighted by molar-refractivity contribution is 5.98. The number of aromatic nitrogens is 4. The van der Waals surface area contributed by atoms with Crippen LogP contribution in [0.15, 0.2) is 77.6 Å². The topological polar surface area (TPSA) is 81.3 Å². The van der Waals surface area contributed by atoms with Crippen molar-refractivity contribution in [3.05, 3.63) is 106 Å². The zero-order valence-corrected chi connectivity index (χ0v) is 17.7. The molecule has 2 heterocycles. The van der Waals surface area contributed by atoms with Crippen LogP contribution in [-0.2, 0) is 6.54 Å². The monoisotopic (exact) mass is 423 g/mol. The number of carbonyl (C=O) groups is 1. The van der Waals surface area contributed by atoms with Crippen LogP contribution in [0.1, 0.15) is 27.3 Å². The average Bonchev–Trinajstić information content (AvgIpc) is 3.20. The van der Waals surface area contributed by atoms with Crippen LogP contribution >= 0.6 is 0 Å². The van der Waals surface area contributed by atoms with Crippen LogP contribution in [0.5, 0.6) is 0 Å². The Bertz CT molecular complexity index is 1520. The highest BCUT2D eigenvalue weighted by atomic mass is 16.1. The van der Waals surface area contributed by atoms with Crippen molar-refractivity contribution in [3.63, 3.8) is 0 Å². The Morgan fingerprint density at radius 2 is 1.69 bits per heavy atom. The molecule has 3 aromatic carbocycles. The van der Waals surface area contributed by atoms with Gasteiger partial charge in [0, 0.05) is 12.1 Å². The van der Waals surface area contributed by atoms with Crippen molar-refractivity contribution in [2.24, 2.45) is 0 Å². The zero-order valence-electron chi connectivity index (χ0n) is 17.7. The second-order valence-corrected chi connectivity index (χ2v) is 7.76. The molecular weight excluding hydrogens is 402 g/mol. The first-order chi connectivity index (χ1) is 15.5. The molecule has 0 bridgehead atoms. The van der Waals surface area contributed by atoms with E-state index >= 15 is 0 Å². The zero-order chi connectivity index (χ0) is 22.2. The number of amides is 1. The Morgan fingerprint density at radius 1 is 0.938 bits per heavy atom. The van der Waals surface area contributed by atoms with Gasteiger partial charge in [0.05, 0.1) is 16.6 Å². The first-order valence-electron chi connectivity index (χ1n) is 10.3. The number of aryl methyl sites for hydroxylation is 2. The number of nitrogens with one attached hydrogen (secondary N) is 1. The first kappa shape index (κ1) is 19.7. The third-order valence-corrected chi connectivity index (χ3v) is 5.53. The molecule has 0 unspecified atom stereocenters. The molecule has 0 spiro atoms. The molecule has 2 aromatic heterocycles. The predicted molar refractivity (Wildman–Crippen MR) is 123 cm³/mol. The van der Waals surface area contributed by atoms with Gasteiger partial charge in [-0.1, -0.05) is 48.0 Å². The van der Waals surface area contributed by atoms with Crippen molar-refractivity contribution in [1.29, 1.82) is 0 Å². The van der Waals surface area contributed by atoms with Gasteiger partial charge in [0.1, 0.15) is 5.82 Å². The number of rotatable bonds is 4. The number of fused-ring (bicyclic) bond motifs is 3. The quantitative estimate of drug-likeness (QED) is 0.479. The minimum atomic E-state index is -0.210. The van der Waals surface area contributed by atoms with Crippen LogP contribution < -0.4 is 10.9 Å². The number of hydrogen-bond donors (Lipinski definition) is 1. The third kappa shape index (κ3) is 3.33. The van der Waals surface area contributed by atoms with Gasteiger partial charge in [0.25, 0.3) is 11.5 Å². The van der Waals surface area contributed by atoms with Crippen molar-refractivity contribution in [2.75, 3.05) is 0 Å². The lowest BCUT2D eigenvalue weighted by atomic mass is 10.1. The molecule has 0 atom stereocenters. The largest absolute Gasteiger partial charge is 0.348 e. The smallest absolute Gasteiger partial charge is 0.267 e. The number of hydrogen-bond acceptors (Lipinski definition) is 4. The second-order valence-electron chi connectivity index (χ2n) is 7.76. The van der Waals surface area contributed by atoms with Gasteiger partial charge >= 0.3 is 0 Å².